The second-order valence-electron chi connectivity index (χ2n) is 12.7. The molecule has 60 heavy (non-hydrogen) atoms. The molecule has 14 nitrogen and oxygen atoms in total. The average molecular weight is 1050 g/mol. The van der Waals surface area contributed by atoms with Gasteiger partial charge in [0.15, 0.2) is 11.6 Å². The fourth-order valence-electron chi connectivity index (χ4n) is 5.64. The van der Waals surface area contributed by atoms with Gasteiger partial charge in [0.2, 0.25) is 0 Å². The maximum atomic E-state index is 13.8. The van der Waals surface area contributed by atoms with E-state index in [9.17, 15) is 13.6 Å². The Balaban J connectivity index is 0.000000186. The standard InChI is InChI=1S/C22H19FN6O2S.C14H13FN6S.C2H6.BBr3/c23-16-7-4-8-24-17(16)9-25-19-18-21(27-13-26-19)32-20(28-18)15-10-29(11-15)22(30)31-12-14-5-2-1-3-6-14;15-9-2-1-3-17-10(9)6-18-12-11-14(20-7-19-12)22-13(21-11)8-4-16-5-8;1-2;2-1(3)4/h1-8,13,15H,9-12H2,(H,25,26,27);1-3,7-8,16H,4-6H2,(H,18,19,20);1-2H3;/i;;1D;. The summed E-state index contributed by atoms with van der Waals surface area (Å²) in [5, 5.41) is 11.4. The lowest BCUT2D eigenvalue weighted by atomic mass is 10.0. The number of rotatable bonds is 10. The zero-order valence-electron chi connectivity index (χ0n) is 32.9. The molecule has 8 heterocycles. The lowest BCUT2D eigenvalue weighted by Gasteiger charge is -2.37. The Morgan fingerprint density at radius 2 is 1.32 bits per heavy atom. The maximum absolute atomic E-state index is 13.8. The number of amides is 1. The lowest BCUT2D eigenvalue weighted by molar-refractivity contribution is 0.0664. The second-order valence-corrected chi connectivity index (χ2v) is 21.1. The molecule has 2 saturated heterocycles. The highest BCUT2D eigenvalue weighted by Crippen LogP contribution is 2.35. The summed E-state index contributed by atoms with van der Waals surface area (Å²) >= 11 is 12.4. The van der Waals surface area contributed by atoms with Crippen LogP contribution in [0.15, 0.2) is 79.6 Å². The first kappa shape index (κ1) is 43.7. The lowest BCUT2D eigenvalue weighted by Crippen LogP contribution is -2.48. The quantitative estimate of drug-likeness (QED) is 0.111. The number of aromatic nitrogens is 8. The largest absolute Gasteiger partial charge is 0.445 e. The number of fused-ring (bicyclic) bond motifs is 2. The number of halogens is 5. The number of hydrogen-bond acceptors (Lipinski definition) is 15. The number of nitrogens with zero attached hydrogens (tertiary/aromatic N) is 9. The van der Waals surface area contributed by atoms with Crippen LogP contribution >= 0.6 is 69.9 Å². The normalized spacial score (nSPS) is 13.6. The van der Waals surface area contributed by atoms with Crippen LogP contribution in [0.3, 0.4) is 0 Å². The first-order chi connectivity index (χ1) is 29.6. The number of thiazole rings is 2. The van der Waals surface area contributed by atoms with Crippen LogP contribution in [0.2, 0.25) is 0 Å². The van der Waals surface area contributed by atoms with Crippen LogP contribution in [0.4, 0.5) is 25.2 Å². The smallest absolute Gasteiger partial charge is 0.410 e. The van der Waals surface area contributed by atoms with Crippen LogP contribution in [-0.4, -0.2) is 80.2 Å². The van der Waals surface area contributed by atoms with Crippen molar-refractivity contribution in [3.05, 3.63) is 118 Å². The summed E-state index contributed by atoms with van der Waals surface area (Å²) < 4.78 is 39.3. The van der Waals surface area contributed by atoms with Crippen molar-refractivity contribution in [2.24, 2.45) is 0 Å². The molecule has 9 rings (SSSR count). The Bertz CT molecular complexity index is 2490. The fourth-order valence-corrected chi connectivity index (χ4v) is 7.63. The van der Waals surface area contributed by atoms with Crippen molar-refractivity contribution in [1.29, 1.82) is 0 Å². The zero-order valence-corrected chi connectivity index (χ0v) is 38.3. The molecule has 7 aromatic rings. The first-order valence-electron chi connectivity index (χ1n) is 19.1. The van der Waals surface area contributed by atoms with Crippen molar-refractivity contribution in [1.82, 2.24) is 50.1 Å². The molecule has 0 unspecified atom stereocenters. The number of carbonyl (C=O) groups is 1. The van der Waals surface area contributed by atoms with Gasteiger partial charge in [-0.25, -0.2) is 43.5 Å². The number of ether oxygens (including phenoxy) is 1. The molecule has 2 fully saturated rings. The Hall–Kier alpha value is -4.35. The Labute approximate surface area is 379 Å². The van der Waals surface area contributed by atoms with E-state index in [0.29, 0.717) is 54.4 Å². The van der Waals surface area contributed by atoms with Gasteiger partial charge >= 0.3 is 9.28 Å². The van der Waals surface area contributed by atoms with E-state index in [-0.39, 0.29) is 46.5 Å². The Morgan fingerprint density at radius 3 is 1.78 bits per heavy atom. The number of likely N-dealkylation sites (tertiary alicyclic amines) is 1. The first-order valence-corrected chi connectivity index (χ1v) is 22.8. The molecule has 0 atom stereocenters. The molecule has 1 amide bonds. The van der Waals surface area contributed by atoms with Gasteiger partial charge in [0, 0.05) is 51.8 Å². The summed E-state index contributed by atoms with van der Waals surface area (Å²) in [4.78, 5) is 50.0. The van der Waals surface area contributed by atoms with Gasteiger partial charge in [0.05, 0.1) is 24.5 Å². The Kier molecular flexibility index (Phi) is 16.4. The van der Waals surface area contributed by atoms with Gasteiger partial charge in [0.1, 0.15) is 61.6 Å². The van der Waals surface area contributed by atoms with E-state index in [1.807, 2.05) is 30.3 Å². The van der Waals surface area contributed by atoms with Gasteiger partial charge in [0.25, 0.3) is 0 Å². The van der Waals surface area contributed by atoms with Crippen molar-refractivity contribution in [3.63, 3.8) is 0 Å². The molecule has 1 aromatic carbocycles. The summed E-state index contributed by atoms with van der Waals surface area (Å²) in [6.07, 6.45) is 5.74. The van der Waals surface area contributed by atoms with E-state index in [1.165, 1.54) is 36.1 Å². The molecule has 312 valence electrons. The van der Waals surface area contributed by atoms with Crippen LogP contribution < -0.4 is 16.0 Å². The van der Waals surface area contributed by atoms with Gasteiger partial charge in [-0.3, -0.25) is 9.97 Å². The minimum Gasteiger partial charge on any atom is -0.445 e. The summed E-state index contributed by atoms with van der Waals surface area (Å²) in [7, 11) is 0. The van der Waals surface area contributed by atoms with Crippen molar-refractivity contribution in [2.45, 2.75) is 45.4 Å². The van der Waals surface area contributed by atoms with Gasteiger partial charge in [-0.2, -0.15) is 0 Å². The van der Waals surface area contributed by atoms with E-state index < -0.39 is 0 Å². The number of carbonyl (C=O) groups excluding carboxylic acids is 1. The minimum atomic E-state index is -0.377. The van der Waals surface area contributed by atoms with Crippen molar-refractivity contribution >= 4 is 112 Å². The monoisotopic (exact) mass is 1050 g/mol. The number of benzene rings is 1. The highest BCUT2D eigenvalue weighted by Gasteiger charge is 2.35. The molecule has 0 radical (unpaired) electrons. The molecular weight excluding hydrogens is 1010 g/mol. The molecule has 0 spiro atoms. The fraction of sp³-hybridized carbons (Fsp3) is 0.289. The van der Waals surface area contributed by atoms with E-state index in [2.05, 4.69) is 98.1 Å². The molecule has 0 bridgehead atoms. The SMILES string of the molecule is BrB(Br)Br.Fc1cccnc1CNc1ncnc2sc(C3CNC3)nc12.O=C(OCc1ccccc1)N1CC(c2nc3c(NCc4ncccc4F)ncnc3s2)C1.[2H]CC. The van der Waals surface area contributed by atoms with Crippen LogP contribution in [-0.2, 0) is 24.4 Å². The molecule has 2 aliphatic heterocycles. The zero-order chi connectivity index (χ0) is 43.1. The highest BCUT2D eigenvalue weighted by molar-refractivity contribution is 9.69. The third kappa shape index (κ3) is 12.1. The summed E-state index contributed by atoms with van der Waals surface area (Å²) in [6, 6.07) is 15.5. The van der Waals surface area contributed by atoms with Gasteiger partial charge < -0.3 is 25.6 Å². The van der Waals surface area contributed by atoms with Crippen LogP contribution in [0.1, 0.15) is 54.0 Å². The van der Waals surface area contributed by atoms with Gasteiger partial charge in [-0.1, -0.05) is 66.8 Å². The van der Waals surface area contributed by atoms with Gasteiger partial charge in [-0.05, 0) is 29.8 Å². The molecule has 2 aliphatic rings. The molecule has 0 saturated carbocycles. The van der Waals surface area contributed by atoms with Gasteiger partial charge in [-0.15, -0.1) is 47.3 Å². The molecule has 3 N–H and O–H groups in total. The minimum absolute atomic E-state index is 0.125. The van der Waals surface area contributed by atoms with Crippen molar-refractivity contribution < 1.29 is 19.7 Å². The topological polar surface area (TPSA) is 169 Å². The van der Waals surface area contributed by atoms with Crippen LogP contribution in [0.25, 0.3) is 20.7 Å². The predicted molar refractivity (Wildman–Crippen MR) is 244 cm³/mol. The summed E-state index contributed by atoms with van der Waals surface area (Å²) in [5.41, 5.74) is 2.99. The van der Waals surface area contributed by atoms with Crippen LogP contribution in [0, 0.1) is 11.6 Å². The van der Waals surface area contributed by atoms with E-state index in [1.54, 1.807) is 47.7 Å². The molecule has 6 aromatic heterocycles. The highest BCUT2D eigenvalue weighted by atomic mass is 79.9. The maximum Gasteiger partial charge on any atom is 0.410 e. The summed E-state index contributed by atoms with van der Waals surface area (Å²) in [5.74, 6) is 1.02. The second kappa shape index (κ2) is 22.5. The number of anilines is 2. The third-order valence-electron chi connectivity index (χ3n) is 8.76. The van der Waals surface area contributed by atoms with Crippen LogP contribution in [0.5, 0.6) is 0 Å². The number of nitrogens with one attached hydrogen (secondary N) is 3. The van der Waals surface area contributed by atoms with Crippen molar-refractivity contribution in [3.8, 4) is 0 Å². The van der Waals surface area contributed by atoms with E-state index >= 15 is 0 Å². The Morgan fingerprint density at radius 1 is 0.817 bits per heavy atom. The predicted octanol–water partition coefficient (Wildman–Crippen LogP) is 9.07. The van der Waals surface area contributed by atoms with E-state index in [0.717, 1.165) is 43.8 Å². The number of hydrogen-bond donors (Lipinski definition) is 3. The number of pyridine rings is 2. The third-order valence-corrected chi connectivity index (χ3v) is 11.0. The van der Waals surface area contributed by atoms with E-state index in [4.69, 9.17) is 11.1 Å². The molecule has 22 heteroatoms. The molecule has 0 aliphatic carbocycles. The molecular formula is C38H38BBr3F2N12O2S2. The van der Waals surface area contributed by atoms with Crippen molar-refractivity contribution in [2.75, 3.05) is 36.8 Å². The average Bonchev–Trinajstić information content (AvgIpc) is 3.84. The summed E-state index contributed by atoms with van der Waals surface area (Å²) in [6.45, 7) is 5.99.